The molecule has 2 atom stereocenters. The molecule has 2 N–H and O–H groups in total. The molecule has 2 aliphatic carbocycles. The third-order valence-corrected chi connectivity index (χ3v) is 5.76. The number of aliphatic hydroxyl groups excluding tert-OH is 1. The van der Waals surface area contributed by atoms with Gasteiger partial charge >= 0.3 is 0 Å². The number of carbonyl (C=O) groups is 1. The summed E-state index contributed by atoms with van der Waals surface area (Å²) in [5.74, 6) is 0.858. The SMILES string of the molecule is O=C(NC1CCCC(CO)C1)C1CN(C2CCCCC2)C1. The standard InChI is InChI=1S/C17H30N2O2/c20-12-13-5-4-6-15(9-13)18-17(21)14-10-19(11-14)16-7-2-1-3-8-16/h13-16,20H,1-12H2,(H,18,21). The third-order valence-electron chi connectivity index (χ3n) is 5.76. The average molecular weight is 294 g/mol. The van der Waals surface area contributed by atoms with Gasteiger partial charge in [0.25, 0.3) is 0 Å². The molecule has 3 aliphatic rings. The van der Waals surface area contributed by atoms with Gasteiger partial charge < -0.3 is 10.4 Å². The van der Waals surface area contributed by atoms with Crippen LogP contribution >= 0.6 is 0 Å². The molecular weight excluding hydrogens is 264 g/mol. The minimum Gasteiger partial charge on any atom is -0.396 e. The van der Waals surface area contributed by atoms with E-state index in [0.717, 1.165) is 44.8 Å². The van der Waals surface area contributed by atoms with Crippen molar-refractivity contribution in [3.8, 4) is 0 Å². The Bertz CT molecular complexity index is 349. The molecule has 21 heavy (non-hydrogen) atoms. The van der Waals surface area contributed by atoms with Crippen molar-refractivity contribution in [3.63, 3.8) is 0 Å². The van der Waals surface area contributed by atoms with E-state index in [1.165, 1.54) is 32.1 Å². The second-order valence-corrected chi connectivity index (χ2v) is 7.36. The van der Waals surface area contributed by atoms with Gasteiger partial charge in [-0.05, 0) is 38.0 Å². The van der Waals surface area contributed by atoms with E-state index in [-0.39, 0.29) is 18.4 Å². The lowest BCUT2D eigenvalue weighted by Gasteiger charge is -2.45. The molecule has 0 radical (unpaired) electrons. The minimum atomic E-state index is 0.210. The fraction of sp³-hybridized carbons (Fsp3) is 0.941. The number of hydrogen-bond acceptors (Lipinski definition) is 3. The summed E-state index contributed by atoms with van der Waals surface area (Å²) in [5, 5.41) is 12.5. The number of carbonyl (C=O) groups excluding carboxylic acids is 1. The van der Waals surface area contributed by atoms with Gasteiger partial charge in [-0.3, -0.25) is 9.69 Å². The Hall–Kier alpha value is -0.610. The van der Waals surface area contributed by atoms with E-state index >= 15 is 0 Å². The second kappa shape index (κ2) is 7.10. The Labute approximate surface area is 128 Å². The lowest BCUT2D eigenvalue weighted by molar-refractivity contribution is -0.132. The van der Waals surface area contributed by atoms with Crippen molar-refractivity contribution in [2.24, 2.45) is 11.8 Å². The van der Waals surface area contributed by atoms with Crippen LogP contribution in [-0.2, 0) is 4.79 Å². The van der Waals surface area contributed by atoms with Gasteiger partial charge in [0, 0.05) is 31.8 Å². The van der Waals surface area contributed by atoms with Crippen molar-refractivity contribution >= 4 is 5.91 Å². The van der Waals surface area contributed by atoms with Crippen molar-refractivity contribution < 1.29 is 9.90 Å². The average Bonchev–Trinajstić information content (AvgIpc) is 2.47. The molecule has 0 aromatic carbocycles. The highest BCUT2D eigenvalue weighted by Crippen LogP contribution is 2.29. The van der Waals surface area contributed by atoms with E-state index in [9.17, 15) is 9.90 Å². The summed E-state index contributed by atoms with van der Waals surface area (Å²) in [6.45, 7) is 2.20. The van der Waals surface area contributed by atoms with Gasteiger partial charge in [-0.25, -0.2) is 0 Å². The van der Waals surface area contributed by atoms with Crippen LogP contribution in [0.4, 0.5) is 0 Å². The largest absolute Gasteiger partial charge is 0.396 e. The normalized spacial score (nSPS) is 32.6. The summed E-state index contributed by atoms with van der Waals surface area (Å²) in [6, 6.07) is 1.04. The van der Waals surface area contributed by atoms with Crippen molar-refractivity contribution in [3.05, 3.63) is 0 Å². The van der Waals surface area contributed by atoms with Crippen LogP contribution in [0.15, 0.2) is 0 Å². The minimum absolute atomic E-state index is 0.210. The Morgan fingerprint density at radius 3 is 2.52 bits per heavy atom. The van der Waals surface area contributed by atoms with Crippen LogP contribution in [0, 0.1) is 11.8 Å². The second-order valence-electron chi connectivity index (χ2n) is 7.36. The van der Waals surface area contributed by atoms with E-state index in [4.69, 9.17) is 0 Å². The van der Waals surface area contributed by atoms with Crippen molar-refractivity contribution in [1.82, 2.24) is 10.2 Å². The fourth-order valence-electron chi connectivity index (χ4n) is 4.33. The van der Waals surface area contributed by atoms with Crippen molar-refractivity contribution in [2.75, 3.05) is 19.7 Å². The van der Waals surface area contributed by atoms with E-state index in [1.54, 1.807) is 0 Å². The molecule has 0 spiro atoms. The van der Waals surface area contributed by atoms with Gasteiger partial charge in [0.1, 0.15) is 0 Å². The lowest BCUT2D eigenvalue weighted by atomic mass is 9.85. The zero-order chi connectivity index (χ0) is 14.7. The van der Waals surface area contributed by atoms with E-state index in [1.807, 2.05) is 0 Å². The number of rotatable bonds is 4. The summed E-state index contributed by atoms with van der Waals surface area (Å²) in [6.07, 6.45) is 11.1. The Balaban J connectivity index is 1.39. The van der Waals surface area contributed by atoms with Crippen LogP contribution < -0.4 is 5.32 Å². The van der Waals surface area contributed by atoms with Crippen LogP contribution in [-0.4, -0.2) is 47.7 Å². The Morgan fingerprint density at radius 2 is 1.81 bits per heavy atom. The number of nitrogens with zero attached hydrogens (tertiary/aromatic N) is 1. The van der Waals surface area contributed by atoms with Crippen molar-refractivity contribution in [1.29, 1.82) is 0 Å². The maximum atomic E-state index is 12.3. The van der Waals surface area contributed by atoms with E-state index < -0.39 is 0 Å². The first-order chi connectivity index (χ1) is 10.3. The van der Waals surface area contributed by atoms with Crippen LogP contribution in [0.25, 0.3) is 0 Å². The summed E-state index contributed by atoms with van der Waals surface area (Å²) < 4.78 is 0. The molecule has 2 unspecified atom stereocenters. The summed E-state index contributed by atoms with van der Waals surface area (Å²) in [5.41, 5.74) is 0. The molecule has 1 aliphatic heterocycles. The molecule has 0 bridgehead atoms. The zero-order valence-corrected chi connectivity index (χ0v) is 13.1. The predicted octanol–water partition coefficient (Wildman–Crippen LogP) is 1.92. The Kier molecular flexibility index (Phi) is 5.17. The number of nitrogens with one attached hydrogen (secondary N) is 1. The molecule has 1 amide bonds. The van der Waals surface area contributed by atoms with E-state index in [0.29, 0.717) is 12.0 Å². The highest BCUT2D eigenvalue weighted by atomic mass is 16.3. The molecular formula is C17H30N2O2. The number of likely N-dealkylation sites (tertiary alicyclic amines) is 1. The summed E-state index contributed by atoms with van der Waals surface area (Å²) >= 11 is 0. The number of aliphatic hydroxyl groups is 1. The first-order valence-corrected chi connectivity index (χ1v) is 8.91. The van der Waals surface area contributed by atoms with Crippen LogP contribution in [0.3, 0.4) is 0 Å². The summed E-state index contributed by atoms with van der Waals surface area (Å²) in [7, 11) is 0. The fourth-order valence-corrected chi connectivity index (χ4v) is 4.33. The number of amides is 1. The first-order valence-electron chi connectivity index (χ1n) is 8.91. The van der Waals surface area contributed by atoms with Gasteiger partial charge in [-0.1, -0.05) is 25.7 Å². The molecule has 4 heteroatoms. The van der Waals surface area contributed by atoms with Gasteiger partial charge in [0.2, 0.25) is 5.91 Å². The molecule has 4 nitrogen and oxygen atoms in total. The highest BCUT2D eigenvalue weighted by Gasteiger charge is 2.37. The zero-order valence-electron chi connectivity index (χ0n) is 13.1. The molecule has 1 saturated heterocycles. The molecule has 2 saturated carbocycles. The highest BCUT2D eigenvalue weighted by molar-refractivity contribution is 5.80. The monoisotopic (exact) mass is 294 g/mol. The van der Waals surface area contributed by atoms with Crippen LogP contribution in [0.1, 0.15) is 57.8 Å². The molecule has 1 heterocycles. The molecule has 120 valence electrons. The van der Waals surface area contributed by atoms with Gasteiger partial charge in [-0.15, -0.1) is 0 Å². The molecule has 3 rings (SSSR count). The van der Waals surface area contributed by atoms with Crippen LogP contribution in [0.2, 0.25) is 0 Å². The van der Waals surface area contributed by atoms with Crippen LogP contribution in [0.5, 0.6) is 0 Å². The van der Waals surface area contributed by atoms with Gasteiger partial charge in [-0.2, -0.15) is 0 Å². The lowest BCUT2D eigenvalue weighted by Crippen LogP contribution is -2.58. The predicted molar refractivity (Wildman–Crippen MR) is 82.9 cm³/mol. The smallest absolute Gasteiger partial charge is 0.225 e. The quantitative estimate of drug-likeness (QED) is 0.833. The molecule has 0 aromatic heterocycles. The molecule has 0 aromatic rings. The van der Waals surface area contributed by atoms with E-state index in [2.05, 4.69) is 10.2 Å². The van der Waals surface area contributed by atoms with Gasteiger partial charge in [0.05, 0.1) is 5.92 Å². The maximum absolute atomic E-state index is 12.3. The summed E-state index contributed by atoms with van der Waals surface area (Å²) in [4.78, 5) is 14.8. The first kappa shape index (κ1) is 15.3. The maximum Gasteiger partial charge on any atom is 0.225 e. The number of hydrogen-bond donors (Lipinski definition) is 2. The third kappa shape index (κ3) is 3.78. The Morgan fingerprint density at radius 1 is 1.05 bits per heavy atom. The topological polar surface area (TPSA) is 52.6 Å². The van der Waals surface area contributed by atoms with Crippen molar-refractivity contribution in [2.45, 2.75) is 69.9 Å². The van der Waals surface area contributed by atoms with Gasteiger partial charge in [0.15, 0.2) is 0 Å². The molecule has 3 fully saturated rings.